The van der Waals surface area contributed by atoms with Crippen LogP contribution in [0.2, 0.25) is 0 Å². The van der Waals surface area contributed by atoms with Gasteiger partial charge in [0.1, 0.15) is 11.5 Å². The Balaban J connectivity index is 1.23. The zero-order chi connectivity index (χ0) is 27.3. The monoisotopic (exact) mass is 539 g/mol. The van der Waals surface area contributed by atoms with Crippen LogP contribution in [0.5, 0.6) is 0 Å². The number of piperidine rings is 1. The van der Waals surface area contributed by atoms with Crippen molar-refractivity contribution in [2.45, 2.75) is 71.1 Å². The van der Waals surface area contributed by atoms with Gasteiger partial charge in [0.25, 0.3) is 0 Å². The molecule has 3 fully saturated rings. The maximum Gasteiger partial charge on any atom is 0.340 e. The Morgan fingerprint density at radius 3 is 2.67 bits per heavy atom. The largest absolute Gasteiger partial charge is 0.427 e. The van der Waals surface area contributed by atoms with Crippen LogP contribution in [0.4, 0.5) is 0 Å². The molecule has 1 spiro atoms. The average molecular weight is 540 g/mol. The van der Waals surface area contributed by atoms with Gasteiger partial charge in [-0.25, -0.2) is 9.59 Å². The third kappa shape index (κ3) is 4.24. The van der Waals surface area contributed by atoms with E-state index in [1.165, 1.54) is 18.4 Å². The Hall–Kier alpha value is -2.92. The fraction of sp³-hybridized carbons (Fsp3) is 0.543. The normalized spacial score (nSPS) is 33.9. The van der Waals surface area contributed by atoms with Crippen LogP contribution in [0, 0.1) is 35.0 Å². The molecule has 1 N–H and O–H groups in total. The van der Waals surface area contributed by atoms with E-state index < -0.39 is 5.41 Å². The number of hydrogen-bond donors (Lipinski definition) is 1. The van der Waals surface area contributed by atoms with Crippen LogP contribution < -0.4 is 5.32 Å². The quantitative estimate of drug-likeness (QED) is 0.397. The number of allylic oxidation sites excluding steroid dienone is 5. The molecule has 3 heterocycles. The van der Waals surface area contributed by atoms with E-state index in [-0.39, 0.29) is 23.8 Å². The van der Waals surface area contributed by atoms with Crippen molar-refractivity contribution in [3.8, 4) is 0 Å². The minimum Gasteiger partial charge on any atom is -0.427 e. The third-order valence-corrected chi connectivity index (χ3v) is 10.8. The number of cyclic esters (lactones) is 2. The summed E-state index contributed by atoms with van der Waals surface area (Å²) in [6.45, 7) is 4.41. The second kappa shape index (κ2) is 10.5. The van der Waals surface area contributed by atoms with Gasteiger partial charge in [0.2, 0.25) is 0 Å². The Labute approximate surface area is 237 Å². The van der Waals surface area contributed by atoms with Crippen molar-refractivity contribution in [1.82, 2.24) is 5.32 Å². The van der Waals surface area contributed by atoms with Crippen LogP contribution in [0.25, 0.3) is 0 Å². The molecule has 2 bridgehead atoms. The Morgan fingerprint density at radius 1 is 1.05 bits per heavy atom. The fourth-order valence-electron chi connectivity index (χ4n) is 8.77. The van der Waals surface area contributed by atoms with E-state index in [1.54, 1.807) is 0 Å². The summed E-state index contributed by atoms with van der Waals surface area (Å²) in [5.74, 6) is 2.85. The molecule has 1 aromatic rings. The second-order valence-corrected chi connectivity index (χ2v) is 12.8. The molecule has 1 aromatic carbocycles. The fourth-order valence-corrected chi connectivity index (χ4v) is 8.77. The van der Waals surface area contributed by atoms with Gasteiger partial charge in [-0.1, -0.05) is 43.3 Å². The molecule has 5 nitrogen and oxygen atoms in total. The summed E-state index contributed by atoms with van der Waals surface area (Å²) in [7, 11) is 0. The van der Waals surface area contributed by atoms with Crippen molar-refractivity contribution in [2.75, 3.05) is 13.1 Å². The molecule has 0 amide bonds. The van der Waals surface area contributed by atoms with Crippen LogP contribution >= 0.6 is 0 Å². The van der Waals surface area contributed by atoms with Gasteiger partial charge in [0.15, 0.2) is 0 Å². The van der Waals surface area contributed by atoms with E-state index in [4.69, 9.17) is 9.47 Å². The number of fused-ring (bicyclic) bond motifs is 1. The molecular formula is C35H41NO4. The highest BCUT2D eigenvalue weighted by Crippen LogP contribution is 2.68. The van der Waals surface area contributed by atoms with E-state index >= 15 is 0 Å². The average Bonchev–Trinajstić information content (AvgIpc) is 3.47. The van der Waals surface area contributed by atoms with E-state index in [2.05, 4.69) is 54.7 Å². The molecule has 8 rings (SSSR count). The molecule has 2 saturated heterocycles. The number of carbonyl (C=O) groups is 2. The lowest BCUT2D eigenvalue weighted by molar-refractivity contribution is -0.135. The standard InChI is InChI=1S/C35H41NO4/c1-2-22(19-24-7-4-3-5-8-24)20-30-35-16-13-25(21-28(35)33(37)40-30)26-11-12-27-29(39-34(38)31(27)32(26)35)10-6-9-23-14-17-36-18-15-23/h3-5,7-8,10,20-23,25-26,32,36H,2,6,9,11-19H2,1H3. The third-order valence-electron chi connectivity index (χ3n) is 10.8. The van der Waals surface area contributed by atoms with E-state index in [0.29, 0.717) is 11.8 Å². The van der Waals surface area contributed by atoms with E-state index in [9.17, 15) is 9.59 Å². The molecule has 0 radical (unpaired) electrons. The predicted octanol–water partition coefficient (Wildman–Crippen LogP) is 6.58. The van der Waals surface area contributed by atoms with Gasteiger partial charge in [0.05, 0.1) is 5.41 Å². The van der Waals surface area contributed by atoms with Crippen molar-refractivity contribution in [3.63, 3.8) is 0 Å². The van der Waals surface area contributed by atoms with Crippen molar-refractivity contribution >= 4 is 11.9 Å². The van der Waals surface area contributed by atoms with Gasteiger partial charge in [-0.2, -0.15) is 0 Å². The van der Waals surface area contributed by atoms with Crippen molar-refractivity contribution in [2.24, 2.45) is 35.0 Å². The maximum atomic E-state index is 13.6. The zero-order valence-corrected chi connectivity index (χ0v) is 23.6. The number of carbonyl (C=O) groups excluding carboxylic acids is 2. The minimum atomic E-state index is -0.537. The van der Waals surface area contributed by atoms with Crippen molar-refractivity contribution in [1.29, 1.82) is 0 Å². The molecule has 0 aromatic heterocycles. The lowest BCUT2D eigenvalue weighted by Gasteiger charge is -2.54. The van der Waals surface area contributed by atoms with Gasteiger partial charge in [-0.05, 0) is 119 Å². The Bertz CT molecular complexity index is 1310. The van der Waals surface area contributed by atoms with E-state index in [1.807, 2.05) is 6.07 Å². The van der Waals surface area contributed by atoms with Gasteiger partial charge >= 0.3 is 11.9 Å². The first-order chi connectivity index (χ1) is 19.6. The first-order valence-electron chi connectivity index (χ1n) is 15.7. The summed E-state index contributed by atoms with van der Waals surface area (Å²) >= 11 is 0. The first kappa shape index (κ1) is 26.0. The van der Waals surface area contributed by atoms with Gasteiger partial charge in [-0.3, -0.25) is 0 Å². The highest BCUT2D eigenvalue weighted by atomic mass is 16.5. The summed E-state index contributed by atoms with van der Waals surface area (Å²) in [6.07, 6.45) is 16.9. The summed E-state index contributed by atoms with van der Waals surface area (Å²) < 4.78 is 12.2. The molecule has 210 valence electrons. The molecule has 5 atom stereocenters. The lowest BCUT2D eigenvalue weighted by atomic mass is 9.46. The van der Waals surface area contributed by atoms with Gasteiger partial charge < -0.3 is 14.8 Å². The van der Waals surface area contributed by atoms with Crippen LogP contribution in [-0.2, 0) is 25.5 Å². The molecule has 7 aliphatic rings. The smallest absolute Gasteiger partial charge is 0.340 e. The Kier molecular flexibility index (Phi) is 6.82. The lowest BCUT2D eigenvalue weighted by Crippen LogP contribution is -2.50. The van der Waals surface area contributed by atoms with Gasteiger partial charge in [0, 0.05) is 22.6 Å². The first-order valence-corrected chi connectivity index (χ1v) is 15.7. The predicted molar refractivity (Wildman–Crippen MR) is 154 cm³/mol. The number of ether oxygens (including phenoxy) is 2. The molecular weight excluding hydrogens is 498 g/mol. The zero-order valence-electron chi connectivity index (χ0n) is 23.6. The SMILES string of the molecule is CCC(C=C1OC(=O)C2=CC3CCC12C1C2=C(CCC31)C(=CCCC1CCNCC1)OC2=O)Cc1ccccc1. The summed E-state index contributed by atoms with van der Waals surface area (Å²) in [5.41, 5.74) is 3.50. The molecule has 5 heteroatoms. The summed E-state index contributed by atoms with van der Waals surface area (Å²) in [5, 5.41) is 3.45. The maximum absolute atomic E-state index is 13.6. The number of hydrogen-bond acceptors (Lipinski definition) is 5. The van der Waals surface area contributed by atoms with Crippen LogP contribution in [0.3, 0.4) is 0 Å². The number of benzene rings is 1. The minimum absolute atomic E-state index is 0.0373. The number of esters is 2. The van der Waals surface area contributed by atoms with Crippen molar-refractivity contribution < 1.29 is 19.1 Å². The van der Waals surface area contributed by atoms with E-state index in [0.717, 1.165) is 98.6 Å². The topological polar surface area (TPSA) is 64.6 Å². The summed E-state index contributed by atoms with van der Waals surface area (Å²) in [6, 6.07) is 10.5. The van der Waals surface area contributed by atoms with Crippen molar-refractivity contribution in [3.05, 3.63) is 82.4 Å². The molecule has 1 saturated carbocycles. The highest BCUT2D eigenvalue weighted by Gasteiger charge is 2.66. The number of nitrogens with one attached hydrogen (secondary N) is 1. The molecule has 40 heavy (non-hydrogen) atoms. The van der Waals surface area contributed by atoms with Crippen LogP contribution in [0.1, 0.15) is 70.3 Å². The molecule has 3 aliphatic heterocycles. The van der Waals surface area contributed by atoms with Gasteiger partial charge in [-0.15, -0.1) is 0 Å². The number of rotatable bonds is 7. The summed E-state index contributed by atoms with van der Waals surface area (Å²) in [4.78, 5) is 27.0. The molecule has 4 aliphatic carbocycles. The Morgan fingerprint density at radius 2 is 1.88 bits per heavy atom. The second-order valence-electron chi connectivity index (χ2n) is 12.8. The van der Waals surface area contributed by atoms with Crippen LogP contribution in [0.15, 0.2) is 76.8 Å². The highest BCUT2D eigenvalue weighted by molar-refractivity contribution is 5.99. The van der Waals surface area contributed by atoms with Crippen LogP contribution in [-0.4, -0.2) is 25.0 Å². The molecule has 5 unspecified atom stereocenters.